The zero-order valence-electron chi connectivity index (χ0n) is 8.59. The van der Waals surface area contributed by atoms with Gasteiger partial charge in [-0.3, -0.25) is 9.59 Å². The first-order valence-corrected chi connectivity index (χ1v) is 4.48. The Morgan fingerprint density at radius 1 is 1.23 bits per heavy atom. The molecule has 0 rings (SSSR count). The fraction of sp³-hybridized carbons (Fsp3) is 0.778. The summed E-state index contributed by atoms with van der Waals surface area (Å²) in [7, 11) is 3.49. The van der Waals surface area contributed by atoms with Crippen molar-refractivity contribution < 1.29 is 9.59 Å². The largest absolute Gasteiger partial charge is 0.356 e. The van der Waals surface area contributed by atoms with E-state index in [1.807, 2.05) is 0 Å². The lowest BCUT2D eigenvalue weighted by molar-refractivity contribution is -0.128. The van der Waals surface area contributed by atoms with Crippen LogP contribution in [0.1, 0.15) is 26.2 Å². The molecule has 0 bridgehead atoms. The van der Waals surface area contributed by atoms with Crippen molar-refractivity contribution in [2.24, 2.45) is 0 Å². The third-order valence-electron chi connectivity index (χ3n) is 1.69. The quantitative estimate of drug-likeness (QED) is 0.631. The Balaban J connectivity index is 3.26. The van der Waals surface area contributed by atoms with E-state index in [2.05, 4.69) is 5.32 Å². The topological polar surface area (TPSA) is 49.4 Å². The van der Waals surface area contributed by atoms with Crippen molar-refractivity contribution >= 4 is 11.8 Å². The van der Waals surface area contributed by atoms with Gasteiger partial charge >= 0.3 is 0 Å². The molecule has 0 spiro atoms. The van der Waals surface area contributed by atoms with E-state index in [9.17, 15) is 9.59 Å². The first-order valence-electron chi connectivity index (χ1n) is 4.48. The summed E-state index contributed by atoms with van der Waals surface area (Å²) in [6.07, 6.45) is 2.25. The maximum absolute atomic E-state index is 11.1. The van der Waals surface area contributed by atoms with Crippen LogP contribution in [0, 0.1) is 0 Å². The number of carbonyl (C=O) groups is 2. The normalized spacial score (nSPS) is 9.46. The molecule has 0 aromatic carbocycles. The first kappa shape index (κ1) is 11.9. The molecule has 0 aliphatic heterocycles. The monoisotopic (exact) mass is 186 g/mol. The summed E-state index contributed by atoms with van der Waals surface area (Å²) < 4.78 is 0. The molecule has 0 radical (unpaired) electrons. The molecular weight excluding hydrogens is 168 g/mol. The summed E-state index contributed by atoms with van der Waals surface area (Å²) in [5, 5.41) is 2.68. The van der Waals surface area contributed by atoms with Crippen LogP contribution in [-0.4, -0.2) is 37.4 Å². The van der Waals surface area contributed by atoms with E-state index in [4.69, 9.17) is 0 Å². The Morgan fingerprint density at radius 3 is 2.31 bits per heavy atom. The van der Waals surface area contributed by atoms with Gasteiger partial charge in [-0.1, -0.05) is 0 Å². The van der Waals surface area contributed by atoms with Crippen molar-refractivity contribution in [1.82, 2.24) is 10.2 Å². The third-order valence-corrected chi connectivity index (χ3v) is 1.69. The van der Waals surface area contributed by atoms with E-state index >= 15 is 0 Å². The van der Waals surface area contributed by atoms with Gasteiger partial charge in [-0.15, -0.1) is 0 Å². The molecule has 4 heteroatoms. The zero-order valence-corrected chi connectivity index (χ0v) is 8.59. The van der Waals surface area contributed by atoms with Crippen molar-refractivity contribution in [2.45, 2.75) is 26.2 Å². The van der Waals surface area contributed by atoms with Crippen LogP contribution in [-0.2, 0) is 9.59 Å². The lowest BCUT2D eigenvalue weighted by Gasteiger charge is -2.09. The van der Waals surface area contributed by atoms with Crippen LogP contribution in [0.4, 0.5) is 0 Å². The minimum Gasteiger partial charge on any atom is -0.356 e. The lowest BCUT2D eigenvalue weighted by atomic mass is 10.2. The lowest BCUT2D eigenvalue weighted by Crippen LogP contribution is -2.23. The predicted octanol–water partition coefficient (Wildman–Crippen LogP) is 0.381. The number of nitrogens with zero attached hydrogens (tertiary/aromatic N) is 1. The summed E-state index contributed by atoms with van der Waals surface area (Å²) in [5.41, 5.74) is 0. The molecular formula is C9H18N2O2. The zero-order chi connectivity index (χ0) is 10.3. The fourth-order valence-electron chi connectivity index (χ4n) is 0.889. The van der Waals surface area contributed by atoms with Crippen molar-refractivity contribution in [3.8, 4) is 0 Å². The summed E-state index contributed by atoms with van der Waals surface area (Å²) >= 11 is 0. The molecule has 76 valence electrons. The van der Waals surface area contributed by atoms with Crippen LogP contribution < -0.4 is 5.32 Å². The number of hydrogen-bond donors (Lipinski definition) is 1. The van der Waals surface area contributed by atoms with E-state index in [0.717, 1.165) is 12.8 Å². The number of nitrogens with one attached hydrogen (secondary N) is 1. The van der Waals surface area contributed by atoms with Gasteiger partial charge in [0.05, 0.1) is 0 Å². The van der Waals surface area contributed by atoms with Crippen molar-refractivity contribution in [3.63, 3.8) is 0 Å². The number of unbranched alkanes of at least 4 members (excludes halogenated alkanes) is 1. The molecule has 1 N–H and O–H groups in total. The van der Waals surface area contributed by atoms with Crippen LogP contribution in [0.2, 0.25) is 0 Å². The van der Waals surface area contributed by atoms with Crippen molar-refractivity contribution in [1.29, 1.82) is 0 Å². The number of rotatable bonds is 5. The Hall–Kier alpha value is -1.06. The molecule has 0 aromatic rings. The van der Waals surface area contributed by atoms with Crippen LogP contribution in [0.15, 0.2) is 0 Å². The van der Waals surface area contributed by atoms with Gasteiger partial charge < -0.3 is 10.2 Å². The molecule has 0 unspecified atom stereocenters. The van der Waals surface area contributed by atoms with Crippen molar-refractivity contribution in [2.75, 3.05) is 20.6 Å². The Kier molecular flexibility index (Phi) is 5.93. The highest BCUT2D eigenvalue weighted by Crippen LogP contribution is 1.96. The molecule has 0 aliphatic rings. The summed E-state index contributed by atoms with van der Waals surface area (Å²) in [4.78, 5) is 23.1. The summed E-state index contributed by atoms with van der Waals surface area (Å²) in [6.45, 7) is 2.15. The molecule has 13 heavy (non-hydrogen) atoms. The minimum atomic E-state index is -0.0149. The molecule has 4 nitrogen and oxygen atoms in total. The molecule has 0 heterocycles. The molecule has 0 atom stereocenters. The van der Waals surface area contributed by atoms with Crippen LogP contribution in [0.3, 0.4) is 0 Å². The number of hydrogen-bond acceptors (Lipinski definition) is 2. The predicted molar refractivity (Wildman–Crippen MR) is 51.2 cm³/mol. The Bertz CT molecular complexity index is 178. The average molecular weight is 186 g/mol. The van der Waals surface area contributed by atoms with E-state index in [1.54, 1.807) is 19.0 Å². The van der Waals surface area contributed by atoms with Crippen LogP contribution in [0.5, 0.6) is 0 Å². The Labute approximate surface area is 79.3 Å². The van der Waals surface area contributed by atoms with E-state index < -0.39 is 0 Å². The fourth-order valence-corrected chi connectivity index (χ4v) is 0.889. The second-order valence-corrected chi connectivity index (χ2v) is 3.23. The van der Waals surface area contributed by atoms with Gasteiger partial charge in [-0.25, -0.2) is 0 Å². The molecule has 0 aromatic heterocycles. The number of amides is 2. The third kappa shape index (κ3) is 7.31. The second kappa shape index (κ2) is 6.46. The van der Waals surface area contributed by atoms with Gasteiger partial charge in [0.1, 0.15) is 0 Å². The molecule has 0 saturated heterocycles. The highest BCUT2D eigenvalue weighted by molar-refractivity contribution is 5.75. The van der Waals surface area contributed by atoms with Gasteiger partial charge in [0.25, 0.3) is 0 Å². The van der Waals surface area contributed by atoms with Gasteiger partial charge in [-0.05, 0) is 12.8 Å². The van der Waals surface area contributed by atoms with E-state index in [1.165, 1.54) is 6.92 Å². The first-order chi connectivity index (χ1) is 6.04. The Morgan fingerprint density at radius 2 is 1.85 bits per heavy atom. The standard InChI is InChI=1S/C9H18N2O2/c1-8(12)10-7-5-4-6-9(13)11(2)3/h4-7H2,1-3H3,(H,10,12). The van der Waals surface area contributed by atoms with E-state index in [0.29, 0.717) is 13.0 Å². The molecule has 0 aliphatic carbocycles. The van der Waals surface area contributed by atoms with Crippen LogP contribution in [0.25, 0.3) is 0 Å². The molecule has 2 amide bonds. The molecule has 0 fully saturated rings. The van der Waals surface area contributed by atoms with Gasteiger partial charge in [-0.2, -0.15) is 0 Å². The average Bonchev–Trinajstić information content (AvgIpc) is 2.02. The van der Waals surface area contributed by atoms with Gasteiger partial charge in [0, 0.05) is 34.0 Å². The maximum atomic E-state index is 11.1. The summed E-state index contributed by atoms with van der Waals surface area (Å²) in [6, 6.07) is 0. The van der Waals surface area contributed by atoms with E-state index in [-0.39, 0.29) is 11.8 Å². The highest BCUT2D eigenvalue weighted by Gasteiger charge is 2.02. The van der Waals surface area contributed by atoms with Crippen LogP contribution >= 0.6 is 0 Å². The van der Waals surface area contributed by atoms with Gasteiger partial charge in [0.2, 0.25) is 11.8 Å². The smallest absolute Gasteiger partial charge is 0.222 e. The second-order valence-electron chi connectivity index (χ2n) is 3.23. The van der Waals surface area contributed by atoms with Crippen molar-refractivity contribution in [3.05, 3.63) is 0 Å². The number of carbonyl (C=O) groups excluding carboxylic acids is 2. The maximum Gasteiger partial charge on any atom is 0.222 e. The highest BCUT2D eigenvalue weighted by atomic mass is 16.2. The molecule has 0 saturated carbocycles. The van der Waals surface area contributed by atoms with Gasteiger partial charge in [0.15, 0.2) is 0 Å². The SMILES string of the molecule is CC(=O)NCCCCC(=O)N(C)C. The minimum absolute atomic E-state index is 0.0149. The summed E-state index contributed by atoms with van der Waals surface area (Å²) in [5.74, 6) is 0.127.